The third kappa shape index (κ3) is 4.18. The molecule has 0 aliphatic carbocycles. The van der Waals surface area contributed by atoms with E-state index in [9.17, 15) is 16.8 Å². The minimum Gasteiger partial charge on any atom is -0.379 e. The Hall–Kier alpha value is -0.300. The first-order valence-electron chi connectivity index (χ1n) is 8.90. The molecule has 3 saturated heterocycles. The van der Waals surface area contributed by atoms with E-state index in [1.165, 1.54) is 12.9 Å². The van der Waals surface area contributed by atoms with Gasteiger partial charge in [0.05, 0.1) is 13.2 Å². The van der Waals surface area contributed by atoms with Crippen LogP contribution in [0.2, 0.25) is 0 Å². The van der Waals surface area contributed by atoms with E-state index in [0.717, 1.165) is 12.8 Å². The second-order valence-corrected chi connectivity index (χ2v) is 10.8. The lowest BCUT2D eigenvalue weighted by atomic mass is 10.0. The molecule has 1 atom stereocenters. The van der Waals surface area contributed by atoms with Crippen LogP contribution in [0.1, 0.15) is 19.8 Å². The second-order valence-electron chi connectivity index (χ2n) is 6.93. The average molecular weight is 397 g/mol. The van der Waals surface area contributed by atoms with Gasteiger partial charge in [-0.05, 0) is 18.8 Å². The molecule has 0 spiro atoms. The SMILES string of the molecule is CC1CCCN(S(=O)(=O)N2CCN(S(=O)(=O)N3CCOCC3)CC2)C1. The Balaban J connectivity index is 1.61. The second kappa shape index (κ2) is 7.75. The molecule has 25 heavy (non-hydrogen) atoms. The van der Waals surface area contributed by atoms with Crippen molar-refractivity contribution in [3.63, 3.8) is 0 Å². The summed E-state index contributed by atoms with van der Waals surface area (Å²) in [5, 5.41) is 0. The monoisotopic (exact) mass is 396 g/mol. The van der Waals surface area contributed by atoms with E-state index in [-0.39, 0.29) is 26.2 Å². The van der Waals surface area contributed by atoms with Gasteiger partial charge in [0.25, 0.3) is 20.4 Å². The molecule has 0 aromatic carbocycles. The predicted octanol–water partition coefficient (Wildman–Crippen LogP) is -0.842. The maximum absolute atomic E-state index is 12.8. The summed E-state index contributed by atoms with van der Waals surface area (Å²) in [4.78, 5) is 0. The summed E-state index contributed by atoms with van der Waals surface area (Å²) in [7, 11) is -7.04. The van der Waals surface area contributed by atoms with Crippen LogP contribution in [-0.4, -0.2) is 99.6 Å². The molecule has 9 nitrogen and oxygen atoms in total. The fraction of sp³-hybridized carbons (Fsp3) is 1.00. The van der Waals surface area contributed by atoms with E-state index in [4.69, 9.17) is 4.74 Å². The Morgan fingerprint density at radius 1 is 0.720 bits per heavy atom. The zero-order chi connectivity index (χ0) is 18.1. The van der Waals surface area contributed by atoms with Crippen molar-refractivity contribution in [3.8, 4) is 0 Å². The van der Waals surface area contributed by atoms with E-state index >= 15 is 0 Å². The van der Waals surface area contributed by atoms with Crippen LogP contribution >= 0.6 is 0 Å². The number of piperidine rings is 1. The molecule has 3 aliphatic rings. The normalized spacial score (nSPS) is 29.7. The quantitative estimate of drug-likeness (QED) is 0.618. The van der Waals surface area contributed by atoms with Gasteiger partial charge in [0.15, 0.2) is 0 Å². The molecule has 0 radical (unpaired) electrons. The van der Waals surface area contributed by atoms with Gasteiger partial charge in [0.2, 0.25) is 0 Å². The van der Waals surface area contributed by atoms with Gasteiger partial charge in [-0.2, -0.15) is 34.1 Å². The van der Waals surface area contributed by atoms with Gasteiger partial charge in [0.1, 0.15) is 0 Å². The van der Waals surface area contributed by atoms with Crippen LogP contribution in [0.15, 0.2) is 0 Å². The predicted molar refractivity (Wildman–Crippen MR) is 93.3 cm³/mol. The Morgan fingerprint density at radius 2 is 1.20 bits per heavy atom. The van der Waals surface area contributed by atoms with Crippen molar-refractivity contribution in [3.05, 3.63) is 0 Å². The highest BCUT2D eigenvalue weighted by molar-refractivity contribution is 7.87. The van der Waals surface area contributed by atoms with Gasteiger partial charge in [0, 0.05) is 52.4 Å². The van der Waals surface area contributed by atoms with Crippen molar-refractivity contribution in [2.75, 3.05) is 65.6 Å². The summed E-state index contributed by atoms with van der Waals surface area (Å²) in [6, 6.07) is 0. The standard InChI is InChI=1S/C14H28N4O5S2/c1-14-3-2-4-18(13-14)25(21,22)16-7-5-15(6-8-16)24(19,20)17-9-11-23-12-10-17/h14H,2-13H2,1H3. The number of nitrogens with zero attached hydrogens (tertiary/aromatic N) is 4. The molecule has 1 unspecified atom stereocenters. The minimum atomic E-state index is -3.54. The van der Waals surface area contributed by atoms with Crippen LogP contribution in [0.25, 0.3) is 0 Å². The first-order valence-corrected chi connectivity index (χ1v) is 11.7. The first kappa shape index (κ1) is 19.5. The summed E-state index contributed by atoms with van der Waals surface area (Å²) in [5.41, 5.74) is 0. The number of ether oxygens (including phenoxy) is 1. The molecule has 3 heterocycles. The highest BCUT2D eigenvalue weighted by Crippen LogP contribution is 2.22. The third-order valence-electron chi connectivity index (χ3n) is 5.09. The molecule has 0 saturated carbocycles. The molecular formula is C14H28N4O5S2. The van der Waals surface area contributed by atoms with Gasteiger partial charge in [-0.3, -0.25) is 0 Å². The molecule has 3 rings (SSSR count). The van der Waals surface area contributed by atoms with Crippen LogP contribution in [0.3, 0.4) is 0 Å². The average Bonchev–Trinajstić information content (AvgIpc) is 2.62. The van der Waals surface area contributed by atoms with Crippen molar-refractivity contribution >= 4 is 20.4 Å². The van der Waals surface area contributed by atoms with E-state index in [0.29, 0.717) is 45.3 Å². The lowest BCUT2D eigenvalue weighted by Crippen LogP contribution is -2.58. The Morgan fingerprint density at radius 3 is 1.72 bits per heavy atom. The largest absolute Gasteiger partial charge is 0.379 e. The molecule has 11 heteroatoms. The minimum absolute atomic E-state index is 0.197. The fourth-order valence-electron chi connectivity index (χ4n) is 3.59. The van der Waals surface area contributed by atoms with E-state index in [2.05, 4.69) is 6.92 Å². The molecule has 3 aliphatic heterocycles. The smallest absolute Gasteiger partial charge is 0.282 e. The van der Waals surface area contributed by atoms with E-state index in [1.807, 2.05) is 0 Å². The molecule has 0 N–H and O–H groups in total. The first-order chi connectivity index (χ1) is 11.8. The van der Waals surface area contributed by atoms with Crippen molar-refractivity contribution in [1.82, 2.24) is 17.2 Å². The van der Waals surface area contributed by atoms with Crippen LogP contribution in [0.4, 0.5) is 0 Å². The molecule has 0 aromatic rings. The van der Waals surface area contributed by atoms with Crippen molar-refractivity contribution in [2.45, 2.75) is 19.8 Å². The molecule has 0 bridgehead atoms. The maximum atomic E-state index is 12.8. The number of piperazine rings is 1. The molecular weight excluding hydrogens is 368 g/mol. The van der Waals surface area contributed by atoms with Crippen LogP contribution < -0.4 is 0 Å². The van der Waals surface area contributed by atoms with Gasteiger partial charge in [-0.25, -0.2) is 0 Å². The highest BCUT2D eigenvalue weighted by Gasteiger charge is 2.38. The molecule has 0 aromatic heterocycles. The maximum Gasteiger partial charge on any atom is 0.282 e. The molecule has 3 fully saturated rings. The van der Waals surface area contributed by atoms with Gasteiger partial charge in [-0.15, -0.1) is 0 Å². The van der Waals surface area contributed by atoms with Crippen LogP contribution in [-0.2, 0) is 25.2 Å². The third-order valence-corrected chi connectivity index (χ3v) is 9.13. The zero-order valence-corrected chi connectivity index (χ0v) is 16.3. The number of morpholine rings is 1. The number of rotatable bonds is 4. The summed E-state index contributed by atoms with van der Waals surface area (Å²) in [5.74, 6) is 0.367. The van der Waals surface area contributed by atoms with Crippen LogP contribution in [0, 0.1) is 5.92 Å². The Bertz CT molecular complexity index is 655. The lowest BCUT2D eigenvalue weighted by molar-refractivity contribution is 0.0693. The lowest BCUT2D eigenvalue weighted by Gasteiger charge is -2.39. The number of hydrogen-bond acceptors (Lipinski definition) is 5. The van der Waals surface area contributed by atoms with Gasteiger partial charge >= 0.3 is 0 Å². The summed E-state index contributed by atoms with van der Waals surface area (Å²) in [6.07, 6.45) is 1.93. The van der Waals surface area contributed by atoms with Crippen molar-refractivity contribution < 1.29 is 21.6 Å². The Labute approximate surface area is 150 Å². The zero-order valence-electron chi connectivity index (χ0n) is 14.7. The topological polar surface area (TPSA) is 90.5 Å². The van der Waals surface area contributed by atoms with Gasteiger partial charge < -0.3 is 4.74 Å². The molecule has 146 valence electrons. The summed E-state index contributed by atoms with van der Waals surface area (Å²) in [6.45, 7) is 5.49. The summed E-state index contributed by atoms with van der Waals surface area (Å²) < 4.78 is 61.9. The summed E-state index contributed by atoms with van der Waals surface area (Å²) >= 11 is 0. The van der Waals surface area contributed by atoms with Crippen LogP contribution in [0.5, 0.6) is 0 Å². The van der Waals surface area contributed by atoms with Crippen molar-refractivity contribution in [1.29, 1.82) is 0 Å². The fourth-order valence-corrected chi connectivity index (χ4v) is 6.91. The number of hydrogen-bond donors (Lipinski definition) is 0. The van der Waals surface area contributed by atoms with E-state index < -0.39 is 20.4 Å². The Kier molecular flexibility index (Phi) is 6.03. The highest BCUT2D eigenvalue weighted by atomic mass is 32.2. The van der Waals surface area contributed by atoms with Gasteiger partial charge in [-0.1, -0.05) is 6.92 Å². The molecule has 0 amide bonds. The van der Waals surface area contributed by atoms with E-state index in [1.54, 1.807) is 4.31 Å². The van der Waals surface area contributed by atoms with Crippen molar-refractivity contribution in [2.24, 2.45) is 5.92 Å².